The van der Waals surface area contributed by atoms with E-state index in [1.165, 1.54) is 55.8 Å². The van der Waals surface area contributed by atoms with Crippen LogP contribution in [0.3, 0.4) is 0 Å². The van der Waals surface area contributed by atoms with Crippen LogP contribution in [0, 0.1) is 11.8 Å². The Hall–Kier alpha value is -0.770. The van der Waals surface area contributed by atoms with E-state index in [1.807, 2.05) is 0 Å². The van der Waals surface area contributed by atoms with Crippen molar-refractivity contribution in [2.24, 2.45) is 11.8 Å². The lowest BCUT2D eigenvalue weighted by molar-refractivity contribution is 0.351. The number of nitrogens with zero attached hydrogens (tertiary/aromatic N) is 2. The summed E-state index contributed by atoms with van der Waals surface area (Å²) in [6.07, 6.45) is 6.61. The number of hydrogen-bond donors (Lipinski definition) is 1. The van der Waals surface area contributed by atoms with Gasteiger partial charge in [-0.05, 0) is 61.4 Å². The molecule has 1 atom stereocenters. The predicted octanol–water partition coefficient (Wildman–Crippen LogP) is 3.87. The van der Waals surface area contributed by atoms with Gasteiger partial charge in [0.15, 0.2) is 0 Å². The van der Waals surface area contributed by atoms with E-state index in [2.05, 4.69) is 23.1 Å². The third-order valence-corrected chi connectivity index (χ3v) is 5.66. The summed E-state index contributed by atoms with van der Waals surface area (Å²) >= 11 is 1.62. The number of anilines is 2. The molecule has 4 heteroatoms. The lowest BCUT2D eigenvalue weighted by Gasteiger charge is -2.23. The van der Waals surface area contributed by atoms with Gasteiger partial charge < -0.3 is 10.6 Å². The molecular weight excluding hydrogens is 254 g/mol. The minimum absolute atomic E-state index is 0.706. The molecule has 0 aromatic carbocycles. The van der Waals surface area contributed by atoms with E-state index in [4.69, 9.17) is 5.73 Å². The van der Waals surface area contributed by atoms with E-state index in [0.717, 1.165) is 17.7 Å². The van der Waals surface area contributed by atoms with Crippen molar-refractivity contribution in [2.75, 3.05) is 23.7 Å². The maximum atomic E-state index is 6.08. The van der Waals surface area contributed by atoms with Crippen molar-refractivity contribution in [1.29, 1.82) is 0 Å². The molecule has 1 aliphatic heterocycles. The molecule has 1 aliphatic carbocycles. The highest BCUT2D eigenvalue weighted by Gasteiger charge is 2.33. The zero-order valence-electron chi connectivity index (χ0n) is 12.1. The molecule has 0 bridgehead atoms. The average Bonchev–Trinajstić information content (AvgIpc) is 3.17. The Morgan fingerprint density at radius 2 is 2.00 bits per heavy atom. The van der Waals surface area contributed by atoms with Crippen LogP contribution in [-0.2, 0) is 0 Å². The molecule has 1 unspecified atom stereocenters. The molecule has 1 aromatic rings. The van der Waals surface area contributed by atoms with Gasteiger partial charge in [0.05, 0.1) is 0 Å². The van der Waals surface area contributed by atoms with Gasteiger partial charge in [-0.1, -0.05) is 13.8 Å². The van der Waals surface area contributed by atoms with Crippen molar-refractivity contribution < 1.29 is 0 Å². The Balaban J connectivity index is 1.75. The van der Waals surface area contributed by atoms with Crippen molar-refractivity contribution >= 4 is 22.4 Å². The van der Waals surface area contributed by atoms with E-state index in [9.17, 15) is 0 Å². The van der Waals surface area contributed by atoms with Crippen LogP contribution in [0.4, 0.5) is 10.8 Å². The van der Waals surface area contributed by atoms with E-state index >= 15 is 0 Å². The van der Waals surface area contributed by atoms with E-state index in [1.54, 1.807) is 11.5 Å². The summed E-state index contributed by atoms with van der Waals surface area (Å²) in [7, 11) is 0. The molecule has 3 nitrogen and oxygen atoms in total. The minimum Gasteiger partial charge on any atom is -0.383 e. The fourth-order valence-corrected chi connectivity index (χ4v) is 4.23. The Bertz CT molecular complexity index is 437. The van der Waals surface area contributed by atoms with Gasteiger partial charge in [0.2, 0.25) is 0 Å². The summed E-state index contributed by atoms with van der Waals surface area (Å²) in [4.78, 5) is 2.56. The number of nitrogen functional groups attached to an aromatic ring is 1. The fraction of sp³-hybridized carbons (Fsp3) is 0.800. The summed E-state index contributed by atoms with van der Waals surface area (Å²) in [6.45, 7) is 7.09. The van der Waals surface area contributed by atoms with Crippen LogP contribution < -0.4 is 10.6 Å². The number of aromatic nitrogens is 1. The Labute approximate surface area is 120 Å². The topological polar surface area (TPSA) is 42.2 Å². The second-order valence-electron chi connectivity index (χ2n) is 6.48. The van der Waals surface area contributed by atoms with Gasteiger partial charge in [-0.2, -0.15) is 4.37 Å². The van der Waals surface area contributed by atoms with Crippen LogP contribution in [0.5, 0.6) is 0 Å². The maximum absolute atomic E-state index is 6.08. The van der Waals surface area contributed by atoms with Crippen molar-refractivity contribution in [3.05, 3.63) is 5.56 Å². The molecule has 1 aromatic heterocycles. The predicted molar refractivity (Wildman–Crippen MR) is 82.9 cm³/mol. The zero-order chi connectivity index (χ0) is 13.4. The van der Waals surface area contributed by atoms with Crippen molar-refractivity contribution in [3.63, 3.8) is 0 Å². The summed E-state index contributed by atoms with van der Waals surface area (Å²) in [5.41, 5.74) is 7.44. The molecule has 106 valence electrons. The van der Waals surface area contributed by atoms with Gasteiger partial charge in [-0.15, -0.1) is 0 Å². The van der Waals surface area contributed by atoms with Crippen LogP contribution in [0.15, 0.2) is 0 Å². The summed E-state index contributed by atoms with van der Waals surface area (Å²) in [5, 5.41) is 1.38. The van der Waals surface area contributed by atoms with Crippen molar-refractivity contribution in [2.45, 2.75) is 51.9 Å². The quantitative estimate of drug-likeness (QED) is 0.913. The smallest absolute Gasteiger partial charge is 0.142 e. The molecule has 1 saturated carbocycles. The lowest BCUT2D eigenvalue weighted by atomic mass is 9.89. The monoisotopic (exact) mass is 279 g/mol. The van der Waals surface area contributed by atoms with Crippen molar-refractivity contribution in [1.82, 2.24) is 4.37 Å². The molecule has 2 heterocycles. The normalized spacial score (nSPS) is 24.8. The third-order valence-electron chi connectivity index (χ3n) is 4.73. The Morgan fingerprint density at radius 3 is 2.68 bits per heavy atom. The molecule has 2 fully saturated rings. The van der Waals surface area contributed by atoms with E-state index in [0.29, 0.717) is 5.92 Å². The summed E-state index contributed by atoms with van der Waals surface area (Å²) in [6, 6.07) is 0. The number of nitrogens with two attached hydrogens (primary N) is 1. The van der Waals surface area contributed by atoms with E-state index in [-0.39, 0.29) is 0 Å². The first kappa shape index (κ1) is 13.2. The van der Waals surface area contributed by atoms with Crippen LogP contribution in [0.2, 0.25) is 0 Å². The maximum Gasteiger partial charge on any atom is 0.142 e. The molecule has 0 amide bonds. The van der Waals surface area contributed by atoms with Gasteiger partial charge in [-0.3, -0.25) is 0 Å². The van der Waals surface area contributed by atoms with Crippen LogP contribution >= 0.6 is 11.5 Å². The molecule has 2 N–H and O–H groups in total. The summed E-state index contributed by atoms with van der Waals surface area (Å²) in [5.74, 6) is 3.21. The minimum atomic E-state index is 0.706. The average molecular weight is 279 g/mol. The molecular formula is C15H25N3S. The van der Waals surface area contributed by atoms with Gasteiger partial charge in [0.25, 0.3) is 0 Å². The van der Waals surface area contributed by atoms with Crippen LogP contribution in [0.1, 0.15) is 57.4 Å². The first-order chi connectivity index (χ1) is 9.16. The van der Waals surface area contributed by atoms with Gasteiger partial charge in [-0.25, -0.2) is 0 Å². The second kappa shape index (κ2) is 5.31. The molecule has 1 saturated heterocycles. The highest BCUT2D eigenvalue weighted by molar-refractivity contribution is 7.10. The van der Waals surface area contributed by atoms with Crippen LogP contribution in [0.25, 0.3) is 0 Å². The Kier molecular flexibility index (Phi) is 3.70. The standard InChI is InChI=1S/C15H25N3S/c1-10(2)11-4-3-8-18(9-7-11)15-13(12-5-6-12)14(16)17-19-15/h10-12H,3-9H2,1-2H3,(H2,16,17). The lowest BCUT2D eigenvalue weighted by Crippen LogP contribution is -2.24. The largest absolute Gasteiger partial charge is 0.383 e. The number of hydrogen-bond acceptors (Lipinski definition) is 4. The highest BCUT2D eigenvalue weighted by Crippen LogP contribution is 2.49. The molecule has 0 radical (unpaired) electrons. The summed E-state index contributed by atoms with van der Waals surface area (Å²) < 4.78 is 4.42. The van der Waals surface area contributed by atoms with Crippen molar-refractivity contribution in [3.8, 4) is 0 Å². The molecule has 3 rings (SSSR count). The van der Waals surface area contributed by atoms with Gasteiger partial charge >= 0.3 is 0 Å². The van der Waals surface area contributed by atoms with Gasteiger partial charge in [0, 0.05) is 18.7 Å². The highest BCUT2D eigenvalue weighted by atomic mass is 32.1. The fourth-order valence-electron chi connectivity index (χ4n) is 3.28. The zero-order valence-corrected chi connectivity index (χ0v) is 12.9. The van der Waals surface area contributed by atoms with Crippen LogP contribution in [-0.4, -0.2) is 17.5 Å². The first-order valence-corrected chi connectivity index (χ1v) is 8.44. The molecule has 19 heavy (non-hydrogen) atoms. The Morgan fingerprint density at radius 1 is 1.21 bits per heavy atom. The van der Waals surface area contributed by atoms with E-state index < -0.39 is 0 Å². The third kappa shape index (κ3) is 2.73. The number of rotatable bonds is 3. The first-order valence-electron chi connectivity index (χ1n) is 7.66. The SMILES string of the molecule is CC(C)C1CCCN(c2snc(N)c2C2CC2)CC1. The second-order valence-corrected chi connectivity index (χ2v) is 7.23. The molecule has 0 spiro atoms. The van der Waals surface area contributed by atoms with Gasteiger partial charge in [0.1, 0.15) is 10.8 Å². The molecule has 2 aliphatic rings.